The number of para-hydroxylation sites is 2. The Labute approximate surface area is 266 Å². The molecule has 0 aliphatic carbocycles. The van der Waals surface area contributed by atoms with Crippen molar-refractivity contribution < 1.29 is 23.9 Å². The summed E-state index contributed by atoms with van der Waals surface area (Å²) in [6.45, 7) is 11.0. The topological polar surface area (TPSA) is 109 Å². The molecule has 0 aromatic heterocycles. The van der Waals surface area contributed by atoms with Gasteiger partial charge in [0.1, 0.15) is 11.5 Å². The largest absolute Gasteiger partial charge is 0.442 e. The summed E-state index contributed by atoms with van der Waals surface area (Å²) >= 11 is 0. The van der Waals surface area contributed by atoms with Crippen molar-refractivity contribution in [3.63, 3.8) is 0 Å². The monoisotopic (exact) mass is 626 g/mol. The molecule has 0 spiro atoms. The molecule has 0 radical (unpaired) electrons. The van der Waals surface area contributed by atoms with E-state index in [2.05, 4.69) is 73.8 Å². The zero-order chi connectivity index (χ0) is 32.5. The lowest BCUT2D eigenvalue weighted by atomic mass is 9.78. The molecule has 1 saturated heterocycles. The maximum absolute atomic E-state index is 13.9. The fourth-order valence-electron chi connectivity index (χ4n) is 5.64. The number of β-lactam (4-membered cyclic amide) rings is 1. The molecule has 3 amide bonds. The standard InChI is InChI=1S/C35H42N4O5Si/c1-34(2,3)39-29(23-22-26-16-9-6-10-17-26)35(30(39)40,45(4)5)24-15-25-36-31(37-32(41)43-27-18-11-7-12-19-27)38-33(42)44-28-20-13-8-14-21-28/h6-14,16-23,29,45H,15,24-25H2,1-5H3,(H2,36,37,38,41,42)/b23-22+/t29-,35-/m1/s1. The van der Waals surface area contributed by atoms with Gasteiger partial charge in [0, 0.05) is 12.1 Å². The van der Waals surface area contributed by atoms with Crippen molar-refractivity contribution in [3.8, 4) is 11.5 Å². The Morgan fingerprint density at radius 3 is 2.02 bits per heavy atom. The van der Waals surface area contributed by atoms with Gasteiger partial charge in [-0.2, -0.15) is 0 Å². The maximum Gasteiger partial charge on any atom is 0.442 e. The Hall–Kier alpha value is -4.70. The van der Waals surface area contributed by atoms with Crippen LogP contribution in [0.1, 0.15) is 39.2 Å². The predicted molar refractivity (Wildman–Crippen MR) is 180 cm³/mol. The van der Waals surface area contributed by atoms with Crippen molar-refractivity contribution in [2.75, 3.05) is 6.54 Å². The van der Waals surface area contributed by atoms with Gasteiger partial charge in [-0.25, -0.2) is 9.59 Å². The Balaban J connectivity index is 1.48. The van der Waals surface area contributed by atoms with Gasteiger partial charge in [0.15, 0.2) is 0 Å². The highest BCUT2D eigenvalue weighted by molar-refractivity contribution is 6.65. The highest BCUT2D eigenvalue weighted by Gasteiger charge is 2.62. The summed E-state index contributed by atoms with van der Waals surface area (Å²) in [5, 5.41) is 5.10. The van der Waals surface area contributed by atoms with E-state index in [1.165, 1.54) is 0 Å². The van der Waals surface area contributed by atoms with Crippen LogP contribution < -0.4 is 20.1 Å². The second kappa shape index (κ2) is 14.9. The van der Waals surface area contributed by atoms with Crippen molar-refractivity contribution in [1.82, 2.24) is 15.5 Å². The van der Waals surface area contributed by atoms with Crippen LogP contribution in [0.2, 0.25) is 18.1 Å². The predicted octanol–water partition coefficient (Wildman–Crippen LogP) is 6.65. The van der Waals surface area contributed by atoms with Crippen LogP contribution in [0.25, 0.3) is 6.08 Å². The van der Waals surface area contributed by atoms with E-state index in [4.69, 9.17) is 9.47 Å². The van der Waals surface area contributed by atoms with Gasteiger partial charge in [0.05, 0.1) is 19.9 Å². The maximum atomic E-state index is 13.9. The van der Waals surface area contributed by atoms with Crippen molar-refractivity contribution in [2.24, 2.45) is 4.99 Å². The van der Waals surface area contributed by atoms with Crippen LogP contribution in [0.3, 0.4) is 0 Å². The number of hydrogen-bond acceptors (Lipinski definition) is 5. The second-order valence-electron chi connectivity index (χ2n) is 12.3. The summed E-state index contributed by atoms with van der Waals surface area (Å²) in [6.07, 6.45) is 3.81. The fraction of sp³-hybridized carbons (Fsp3) is 0.314. The molecule has 1 aliphatic rings. The van der Waals surface area contributed by atoms with E-state index in [-0.39, 0.29) is 23.4 Å². The second-order valence-corrected chi connectivity index (χ2v) is 15.6. The van der Waals surface area contributed by atoms with E-state index in [0.29, 0.717) is 30.9 Å². The number of nitrogens with zero attached hydrogens (tertiary/aromatic N) is 2. The molecule has 0 bridgehead atoms. The zero-order valence-corrected chi connectivity index (χ0v) is 27.7. The number of likely N-dealkylation sites (tertiary alicyclic amines) is 1. The zero-order valence-electron chi connectivity index (χ0n) is 26.5. The van der Waals surface area contributed by atoms with Crippen molar-refractivity contribution >= 4 is 38.9 Å². The first-order chi connectivity index (χ1) is 21.5. The van der Waals surface area contributed by atoms with Crippen molar-refractivity contribution in [3.05, 3.63) is 103 Å². The summed E-state index contributed by atoms with van der Waals surface area (Å²) in [5.41, 5.74) is 0.763. The quantitative estimate of drug-likeness (QED) is 0.0905. The van der Waals surface area contributed by atoms with Crippen LogP contribution in [0.15, 0.2) is 102 Å². The summed E-state index contributed by atoms with van der Waals surface area (Å²) in [7, 11) is -1.52. The molecule has 236 valence electrons. The van der Waals surface area contributed by atoms with Gasteiger partial charge in [0.2, 0.25) is 11.9 Å². The number of carbonyl (C=O) groups excluding carboxylic acids is 3. The molecule has 3 aromatic rings. The normalized spacial score (nSPS) is 18.4. The third kappa shape index (κ3) is 8.48. The SMILES string of the molecule is C[SiH](C)[C@@]1(CCCN/C(=N\C(=O)Oc2ccccc2)NC(=O)Oc2ccccc2)C(=O)N(C(C)(C)C)[C@@H]1/C=C/c1ccccc1. The van der Waals surface area contributed by atoms with Crippen LogP contribution in [0, 0.1) is 0 Å². The Morgan fingerprint density at radius 1 is 0.911 bits per heavy atom. The Bertz CT molecular complexity index is 1510. The molecule has 1 aliphatic heterocycles. The summed E-state index contributed by atoms with van der Waals surface area (Å²) < 4.78 is 10.6. The number of aliphatic imine (C=N–C) groups is 1. The molecular weight excluding hydrogens is 584 g/mol. The number of amides is 3. The molecule has 0 unspecified atom stereocenters. The summed E-state index contributed by atoms with van der Waals surface area (Å²) in [5.74, 6) is 0.739. The molecule has 10 heteroatoms. The fourth-order valence-corrected chi connectivity index (χ4v) is 8.00. The third-order valence-corrected chi connectivity index (χ3v) is 10.8. The summed E-state index contributed by atoms with van der Waals surface area (Å²) in [4.78, 5) is 45.1. The molecule has 2 N–H and O–H groups in total. The first-order valence-electron chi connectivity index (χ1n) is 15.2. The minimum absolute atomic E-state index is 0.0372. The van der Waals surface area contributed by atoms with Crippen LogP contribution in [-0.2, 0) is 4.79 Å². The number of hydrogen-bond donors (Lipinski definition) is 2. The highest BCUT2D eigenvalue weighted by Crippen LogP contribution is 2.55. The first-order valence-corrected chi connectivity index (χ1v) is 18.1. The third-order valence-electron chi connectivity index (χ3n) is 7.83. The minimum Gasteiger partial charge on any atom is -0.410 e. The van der Waals surface area contributed by atoms with Gasteiger partial charge >= 0.3 is 12.2 Å². The van der Waals surface area contributed by atoms with Crippen molar-refractivity contribution in [2.45, 2.75) is 63.3 Å². The molecule has 1 fully saturated rings. The van der Waals surface area contributed by atoms with E-state index in [9.17, 15) is 14.4 Å². The average Bonchev–Trinajstić information content (AvgIpc) is 2.99. The van der Waals surface area contributed by atoms with Gasteiger partial charge in [0.25, 0.3) is 0 Å². The van der Waals surface area contributed by atoms with E-state index in [0.717, 1.165) is 5.56 Å². The molecule has 45 heavy (non-hydrogen) atoms. The van der Waals surface area contributed by atoms with Crippen molar-refractivity contribution in [1.29, 1.82) is 0 Å². The lowest BCUT2D eigenvalue weighted by Crippen LogP contribution is -2.72. The first kappa shape index (κ1) is 33.2. The van der Waals surface area contributed by atoms with E-state index >= 15 is 0 Å². The number of ether oxygens (including phenoxy) is 2. The Kier molecular flexibility index (Phi) is 11.0. The lowest BCUT2D eigenvalue weighted by Gasteiger charge is -2.62. The molecule has 1 heterocycles. The smallest absolute Gasteiger partial charge is 0.410 e. The molecule has 9 nitrogen and oxygen atoms in total. The number of nitrogens with one attached hydrogen (secondary N) is 2. The van der Waals surface area contributed by atoms with E-state index < -0.39 is 26.0 Å². The summed E-state index contributed by atoms with van der Waals surface area (Å²) in [6, 6.07) is 27.2. The van der Waals surface area contributed by atoms with Gasteiger partial charge in [-0.1, -0.05) is 92.0 Å². The van der Waals surface area contributed by atoms with E-state index in [1.807, 2.05) is 23.1 Å². The van der Waals surface area contributed by atoms with Gasteiger partial charge in [-0.05, 0) is 63.4 Å². The molecule has 3 aromatic carbocycles. The molecular formula is C35H42N4O5Si. The van der Waals surface area contributed by atoms with Crippen LogP contribution >= 0.6 is 0 Å². The lowest BCUT2D eigenvalue weighted by molar-refractivity contribution is -0.160. The number of benzene rings is 3. The van der Waals surface area contributed by atoms with Crippen LogP contribution in [-0.4, -0.2) is 55.9 Å². The average molecular weight is 627 g/mol. The van der Waals surface area contributed by atoms with Crippen LogP contribution in [0.4, 0.5) is 9.59 Å². The van der Waals surface area contributed by atoms with Gasteiger partial charge in [-0.15, -0.1) is 4.99 Å². The molecule has 0 saturated carbocycles. The van der Waals surface area contributed by atoms with Crippen LogP contribution in [0.5, 0.6) is 11.5 Å². The highest BCUT2D eigenvalue weighted by atomic mass is 28.3. The van der Waals surface area contributed by atoms with E-state index in [1.54, 1.807) is 60.7 Å². The molecule has 4 rings (SSSR count). The van der Waals surface area contributed by atoms with Gasteiger partial charge in [-0.3, -0.25) is 10.1 Å². The number of rotatable bonds is 9. The number of guanidine groups is 1. The molecule has 2 atom stereocenters. The minimum atomic E-state index is -1.52. The van der Waals surface area contributed by atoms with Gasteiger partial charge < -0.3 is 19.7 Å². The number of carbonyl (C=O) groups is 3. The Morgan fingerprint density at radius 2 is 1.47 bits per heavy atom.